The average Bonchev–Trinajstić information content (AvgIpc) is 2.77. The molecule has 0 aliphatic heterocycles. The summed E-state index contributed by atoms with van der Waals surface area (Å²) in [6.07, 6.45) is 2.40. The van der Waals surface area contributed by atoms with E-state index in [1.54, 1.807) is 37.4 Å². The van der Waals surface area contributed by atoms with Crippen molar-refractivity contribution in [1.82, 2.24) is 9.66 Å². The number of fused-ring (bicyclic) bond motifs is 1. The number of hydrogen-bond donors (Lipinski definition) is 0. The molecule has 162 valence electrons. The van der Waals surface area contributed by atoms with Crippen molar-refractivity contribution in [3.8, 4) is 5.75 Å². The molecule has 31 heavy (non-hydrogen) atoms. The van der Waals surface area contributed by atoms with Gasteiger partial charge in [-0.05, 0) is 49.2 Å². The fourth-order valence-corrected chi connectivity index (χ4v) is 3.29. The molecular formula is C23H24BrN3O4. The number of ether oxygens (including phenoxy) is 2. The summed E-state index contributed by atoms with van der Waals surface area (Å²) in [4.78, 5) is 29.3. The van der Waals surface area contributed by atoms with E-state index in [0.29, 0.717) is 29.1 Å². The minimum Gasteiger partial charge on any atom is -0.482 e. The van der Waals surface area contributed by atoms with Gasteiger partial charge in [0, 0.05) is 10.4 Å². The van der Waals surface area contributed by atoms with E-state index in [0.717, 1.165) is 16.5 Å². The molecule has 3 aromatic rings. The van der Waals surface area contributed by atoms with Gasteiger partial charge >= 0.3 is 5.97 Å². The minimum absolute atomic E-state index is 0.0529. The maximum absolute atomic E-state index is 13.2. The molecule has 0 fully saturated rings. The van der Waals surface area contributed by atoms with Crippen LogP contribution in [0.25, 0.3) is 10.9 Å². The van der Waals surface area contributed by atoms with Crippen molar-refractivity contribution in [2.75, 3.05) is 13.2 Å². The van der Waals surface area contributed by atoms with Crippen LogP contribution in [0.15, 0.2) is 56.8 Å². The van der Waals surface area contributed by atoms with E-state index in [1.807, 2.05) is 32.0 Å². The molecule has 0 aliphatic rings. The van der Waals surface area contributed by atoms with Crippen molar-refractivity contribution in [3.05, 3.63) is 68.7 Å². The summed E-state index contributed by atoms with van der Waals surface area (Å²) in [5.74, 6) is 0.734. The topological polar surface area (TPSA) is 82.8 Å². The summed E-state index contributed by atoms with van der Waals surface area (Å²) in [7, 11) is 0. The predicted octanol–water partition coefficient (Wildman–Crippen LogP) is 4.50. The van der Waals surface area contributed by atoms with Crippen molar-refractivity contribution in [2.45, 2.75) is 33.1 Å². The molecule has 1 atom stereocenters. The molecule has 0 bridgehead atoms. The summed E-state index contributed by atoms with van der Waals surface area (Å²) in [5, 5.41) is 4.94. The van der Waals surface area contributed by atoms with Crippen LogP contribution >= 0.6 is 15.9 Å². The third-order valence-electron chi connectivity index (χ3n) is 4.73. The van der Waals surface area contributed by atoms with Crippen molar-refractivity contribution in [2.24, 2.45) is 5.10 Å². The predicted molar refractivity (Wildman–Crippen MR) is 124 cm³/mol. The fraction of sp³-hybridized carbons (Fsp3) is 0.304. The third-order valence-corrected chi connectivity index (χ3v) is 5.22. The molecule has 0 unspecified atom stereocenters. The number of aromatic nitrogens is 2. The first-order valence-corrected chi connectivity index (χ1v) is 10.9. The number of halogens is 1. The second-order valence-electron chi connectivity index (χ2n) is 6.97. The highest BCUT2D eigenvalue weighted by Crippen LogP contribution is 2.21. The van der Waals surface area contributed by atoms with Crippen molar-refractivity contribution < 1.29 is 14.3 Å². The first kappa shape index (κ1) is 22.7. The molecule has 2 aromatic carbocycles. The van der Waals surface area contributed by atoms with Gasteiger partial charge in [0.2, 0.25) is 0 Å². The number of rotatable bonds is 8. The lowest BCUT2D eigenvalue weighted by molar-refractivity contribution is -0.145. The Hall–Kier alpha value is -3.00. The Morgan fingerprint density at radius 2 is 2.06 bits per heavy atom. The molecule has 7 nitrogen and oxygen atoms in total. The molecule has 0 spiro atoms. The molecule has 0 N–H and O–H groups in total. The molecular weight excluding hydrogens is 462 g/mol. The molecule has 0 saturated heterocycles. The lowest BCUT2D eigenvalue weighted by Gasteiger charge is -2.14. The Labute approximate surface area is 188 Å². The van der Waals surface area contributed by atoms with Crippen molar-refractivity contribution in [1.29, 1.82) is 0 Å². The van der Waals surface area contributed by atoms with Crippen molar-refractivity contribution in [3.63, 3.8) is 0 Å². The van der Waals surface area contributed by atoms with E-state index in [-0.39, 0.29) is 18.1 Å². The van der Waals surface area contributed by atoms with Crippen LogP contribution in [0, 0.1) is 0 Å². The van der Waals surface area contributed by atoms with E-state index in [2.05, 4.69) is 21.0 Å². The second kappa shape index (κ2) is 10.3. The Morgan fingerprint density at radius 3 is 2.81 bits per heavy atom. The number of esters is 1. The van der Waals surface area contributed by atoms with Crippen LogP contribution in [0.1, 0.15) is 44.5 Å². The summed E-state index contributed by atoms with van der Waals surface area (Å²) in [5.41, 5.74) is 1.13. The van der Waals surface area contributed by atoms with E-state index in [1.165, 1.54) is 4.68 Å². The van der Waals surface area contributed by atoms with Crippen LogP contribution in [0.2, 0.25) is 0 Å². The average molecular weight is 486 g/mol. The van der Waals surface area contributed by atoms with Crippen LogP contribution in [0.3, 0.4) is 0 Å². The molecule has 0 amide bonds. The smallest absolute Gasteiger partial charge is 0.344 e. The van der Waals surface area contributed by atoms with Gasteiger partial charge in [-0.2, -0.15) is 9.78 Å². The molecule has 1 aromatic heterocycles. The molecule has 0 aliphatic carbocycles. The summed E-state index contributed by atoms with van der Waals surface area (Å²) < 4.78 is 12.5. The van der Waals surface area contributed by atoms with Crippen LogP contribution in [-0.2, 0) is 9.53 Å². The Bertz CT molecular complexity index is 1170. The molecule has 0 saturated carbocycles. The van der Waals surface area contributed by atoms with Gasteiger partial charge in [-0.25, -0.2) is 9.78 Å². The summed E-state index contributed by atoms with van der Waals surface area (Å²) in [6, 6.07) is 12.5. The van der Waals surface area contributed by atoms with Gasteiger partial charge in [0.15, 0.2) is 6.61 Å². The normalized spacial score (nSPS) is 12.3. The highest BCUT2D eigenvalue weighted by atomic mass is 79.9. The quantitative estimate of drug-likeness (QED) is 0.346. The monoisotopic (exact) mass is 485 g/mol. The molecule has 1 heterocycles. The molecule has 3 rings (SSSR count). The fourth-order valence-electron chi connectivity index (χ4n) is 2.93. The maximum Gasteiger partial charge on any atom is 0.344 e. The largest absolute Gasteiger partial charge is 0.482 e. The van der Waals surface area contributed by atoms with Gasteiger partial charge in [-0.3, -0.25) is 4.79 Å². The SMILES string of the molecule is CCOC(=O)COc1cccc(C=Nn2c([C@@H](C)CC)nc3ccc(Br)cc3c2=O)c1. The van der Waals surface area contributed by atoms with Crippen LogP contribution < -0.4 is 10.3 Å². The number of nitrogens with zero attached hydrogens (tertiary/aromatic N) is 3. The zero-order chi connectivity index (χ0) is 22.4. The van der Waals surface area contributed by atoms with Gasteiger partial charge < -0.3 is 9.47 Å². The number of carbonyl (C=O) groups excluding carboxylic acids is 1. The Morgan fingerprint density at radius 1 is 1.26 bits per heavy atom. The number of benzene rings is 2. The Balaban J connectivity index is 1.95. The van der Waals surface area contributed by atoms with E-state index < -0.39 is 5.97 Å². The molecule has 0 radical (unpaired) electrons. The van der Waals surface area contributed by atoms with Crippen LogP contribution in [-0.4, -0.2) is 35.1 Å². The first-order chi connectivity index (χ1) is 14.9. The second-order valence-corrected chi connectivity index (χ2v) is 7.88. The van der Waals surface area contributed by atoms with Gasteiger partial charge in [0.05, 0.1) is 23.7 Å². The first-order valence-electron chi connectivity index (χ1n) is 10.1. The van der Waals surface area contributed by atoms with Crippen LogP contribution in [0.5, 0.6) is 5.75 Å². The zero-order valence-electron chi connectivity index (χ0n) is 17.7. The zero-order valence-corrected chi connectivity index (χ0v) is 19.3. The van der Waals surface area contributed by atoms with Gasteiger partial charge in [0.1, 0.15) is 11.6 Å². The Kier molecular flexibility index (Phi) is 7.57. The van der Waals surface area contributed by atoms with Crippen molar-refractivity contribution >= 4 is 39.0 Å². The van der Waals surface area contributed by atoms with E-state index >= 15 is 0 Å². The van der Waals surface area contributed by atoms with Gasteiger partial charge in [-0.1, -0.05) is 41.9 Å². The molecule has 8 heteroatoms. The lowest BCUT2D eigenvalue weighted by Crippen LogP contribution is -2.23. The standard InChI is InChI=1S/C23H24BrN3O4/c1-4-15(3)22-26-20-10-9-17(24)12-19(20)23(29)27(22)25-13-16-7-6-8-18(11-16)31-14-21(28)30-5-2/h6-13,15H,4-5,14H2,1-3H3/t15-/m0/s1. The minimum atomic E-state index is -0.431. The highest BCUT2D eigenvalue weighted by molar-refractivity contribution is 9.10. The van der Waals surface area contributed by atoms with E-state index in [9.17, 15) is 9.59 Å². The number of carbonyl (C=O) groups is 1. The summed E-state index contributed by atoms with van der Waals surface area (Å²) >= 11 is 3.41. The van der Waals surface area contributed by atoms with Crippen LogP contribution in [0.4, 0.5) is 0 Å². The maximum atomic E-state index is 13.2. The van der Waals surface area contributed by atoms with Gasteiger partial charge in [0.25, 0.3) is 5.56 Å². The highest BCUT2D eigenvalue weighted by Gasteiger charge is 2.15. The van der Waals surface area contributed by atoms with E-state index in [4.69, 9.17) is 14.5 Å². The van der Waals surface area contributed by atoms with Gasteiger partial charge in [-0.15, -0.1) is 0 Å². The lowest BCUT2D eigenvalue weighted by atomic mass is 10.1. The number of hydrogen-bond acceptors (Lipinski definition) is 6. The third kappa shape index (κ3) is 5.58. The summed E-state index contributed by atoms with van der Waals surface area (Å²) in [6.45, 7) is 5.93.